The quantitative estimate of drug-likeness (QED) is 0.857. The van der Waals surface area contributed by atoms with Gasteiger partial charge in [-0.15, -0.1) is 11.3 Å². The van der Waals surface area contributed by atoms with E-state index in [1.165, 1.54) is 12.0 Å². The predicted molar refractivity (Wildman–Crippen MR) is 104 cm³/mol. The monoisotopic (exact) mass is 357 g/mol. The average molecular weight is 358 g/mol. The Bertz CT molecular complexity index is 700. The zero-order valence-corrected chi connectivity index (χ0v) is 16.1. The van der Waals surface area contributed by atoms with Gasteiger partial charge in [0.1, 0.15) is 0 Å². The Morgan fingerprint density at radius 1 is 1.24 bits per heavy atom. The molecule has 25 heavy (non-hydrogen) atoms. The molecule has 1 N–H and O–H groups in total. The van der Waals surface area contributed by atoms with Crippen LogP contribution in [-0.2, 0) is 17.6 Å². The normalized spacial score (nSPS) is 20.5. The Balaban J connectivity index is 1.58. The number of thiazole rings is 1. The van der Waals surface area contributed by atoms with Gasteiger partial charge in [-0.25, -0.2) is 4.98 Å². The highest BCUT2D eigenvalue weighted by Gasteiger charge is 2.25. The highest BCUT2D eigenvalue weighted by Crippen LogP contribution is 2.24. The number of aryl methyl sites for hydroxylation is 1. The summed E-state index contributed by atoms with van der Waals surface area (Å²) in [5, 5.41) is 6.15. The predicted octanol–water partition coefficient (Wildman–Crippen LogP) is 4.50. The number of anilines is 2. The molecule has 2 unspecified atom stereocenters. The summed E-state index contributed by atoms with van der Waals surface area (Å²) in [4.78, 5) is 19.2. The molecule has 0 aliphatic carbocycles. The van der Waals surface area contributed by atoms with E-state index in [0.29, 0.717) is 18.3 Å². The third-order valence-electron chi connectivity index (χ3n) is 4.72. The fourth-order valence-electron chi connectivity index (χ4n) is 3.53. The molecule has 0 radical (unpaired) electrons. The van der Waals surface area contributed by atoms with Crippen LogP contribution in [0, 0.1) is 11.8 Å². The lowest BCUT2D eigenvalue weighted by molar-refractivity contribution is -0.133. The standard InChI is InChI=1S/C20H27N3OS/c1-4-16-5-7-17(8-6-16)21-20-22-18(13-25-20)10-19(24)23-11-14(2)9-15(3)12-23/h5-8,13-15H,4,9-12H2,1-3H3,(H,21,22). The van der Waals surface area contributed by atoms with Crippen molar-refractivity contribution in [3.63, 3.8) is 0 Å². The lowest BCUT2D eigenvalue weighted by Crippen LogP contribution is -2.43. The largest absolute Gasteiger partial charge is 0.342 e. The van der Waals surface area contributed by atoms with Crippen LogP contribution in [0.15, 0.2) is 29.6 Å². The van der Waals surface area contributed by atoms with Crippen molar-refractivity contribution in [2.75, 3.05) is 18.4 Å². The van der Waals surface area contributed by atoms with Crippen LogP contribution in [0.2, 0.25) is 0 Å². The number of piperidine rings is 1. The first-order valence-corrected chi connectivity index (χ1v) is 9.99. The van der Waals surface area contributed by atoms with Crippen LogP contribution in [0.5, 0.6) is 0 Å². The second-order valence-corrected chi connectivity index (χ2v) is 8.10. The topological polar surface area (TPSA) is 45.2 Å². The number of rotatable bonds is 5. The lowest BCUT2D eigenvalue weighted by Gasteiger charge is -2.35. The Kier molecular flexibility index (Phi) is 5.74. The van der Waals surface area contributed by atoms with Crippen molar-refractivity contribution in [2.45, 2.75) is 40.0 Å². The van der Waals surface area contributed by atoms with Crippen molar-refractivity contribution in [1.29, 1.82) is 0 Å². The number of carbonyl (C=O) groups is 1. The molecule has 1 aliphatic rings. The Morgan fingerprint density at radius 3 is 2.56 bits per heavy atom. The van der Waals surface area contributed by atoms with Gasteiger partial charge in [0, 0.05) is 24.2 Å². The number of likely N-dealkylation sites (tertiary alicyclic amines) is 1. The molecular formula is C20H27N3OS. The molecule has 1 saturated heterocycles. The number of benzene rings is 1. The van der Waals surface area contributed by atoms with Crippen LogP contribution in [0.25, 0.3) is 0 Å². The van der Waals surface area contributed by atoms with Crippen molar-refractivity contribution >= 4 is 28.1 Å². The summed E-state index contributed by atoms with van der Waals surface area (Å²) >= 11 is 1.55. The zero-order valence-electron chi connectivity index (χ0n) is 15.3. The first kappa shape index (κ1) is 17.9. The molecule has 1 aromatic carbocycles. The van der Waals surface area contributed by atoms with E-state index in [1.807, 2.05) is 10.3 Å². The van der Waals surface area contributed by atoms with E-state index in [-0.39, 0.29) is 5.91 Å². The Labute approximate surface area is 154 Å². The Hall–Kier alpha value is -1.88. The highest BCUT2D eigenvalue weighted by atomic mass is 32.1. The van der Waals surface area contributed by atoms with Gasteiger partial charge >= 0.3 is 0 Å². The summed E-state index contributed by atoms with van der Waals surface area (Å²) in [6, 6.07) is 8.39. The van der Waals surface area contributed by atoms with Gasteiger partial charge in [-0.3, -0.25) is 4.79 Å². The van der Waals surface area contributed by atoms with E-state index in [2.05, 4.69) is 55.3 Å². The number of hydrogen-bond acceptors (Lipinski definition) is 4. The van der Waals surface area contributed by atoms with E-state index < -0.39 is 0 Å². The van der Waals surface area contributed by atoms with Crippen molar-refractivity contribution in [1.82, 2.24) is 9.88 Å². The van der Waals surface area contributed by atoms with Crippen LogP contribution in [0.1, 0.15) is 38.4 Å². The molecule has 1 aliphatic heterocycles. The highest BCUT2D eigenvalue weighted by molar-refractivity contribution is 7.13. The first-order valence-electron chi connectivity index (χ1n) is 9.11. The van der Waals surface area contributed by atoms with Gasteiger partial charge in [0.25, 0.3) is 0 Å². The summed E-state index contributed by atoms with van der Waals surface area (Å²) in [5.74, 6) is 1.38. The second-order valence-electron chi connectivity index (χ2n) is 7.24. The molecule has 4 nitrogen and oxygen atoms in total. The Morgan fingerprint density at radius 2 is 1.92 bits per heavy atom. The molecular weight excluding hydrogens is 330 g/mol. The van der Waals surface area contributed by atoms with E-state index in [4.69, 9.17) is 0 Å². The minimum atomic E-state index is 0.197. The third-order valence-corrected chi connectivity index (χ3v) is 5.53. The summed E-state index contributed by atoms with van der Waals surface area (Å²) in [6.07, 6.45) is 2.65. The third kappa shape index (κ3) is 4.82. The maximum Gasteiger partial charge on any atom is 0.228 e. The number of aromatic nitrogens is 1. The minimum Gasteiger partial charge on any atom is -0.342 e. The number of nitrogens with zero attached hydrogens (tertiary/aromatic N) is 2. The van der Waals surface area contributed by atoms with Crippen molar-refractivity contribution in [3.05, 3.63) is 40.9 Å². The van der Waals surface area contributed by atoms with Crippen molar-refractivity contribution < 1.29 is 4.79 Å². The molecule has 0 bridgehead atoms. The van der Waals surface area contributed by atoms with Gasteiger partial charge in [-0.05, 0) is 42.4 Å². The van der Waals surface area contributed by atoms with Crippen LogP contribution in [0.3, 0.4) is 0 Å². The minimum absolute atomic E-state index is 0.197. The number of amides is 1. The molecule has 1 amide bonds. The molecule has 5 heteroatoms. The number of carbonyl (C=O) groups excluding carboxylic acids is 1. The van der Waals surface area contributed by atoms with Crippen LogP contribution in [0.4, 0.5) is 10.8 Å². The van der Waals surface area contributed by atoms with Gasteiger partial charge in [-0.2, -0.15) is 0 Å². The molecule has 2 heterocycles. The SMILES string of the molecule is CCc1ccc(Nc2nc(CC(=O)N3CC(C)CC(C)C3)cs2)cc1. The molecule has 0 spiro atoms. The summed E-state index contributed by atoms with van der Waals surface area (Å²) in [6.45, 7) is 8.36. The summed E-state index contributed by atoms with van der Waals surface area (Å²) in [5.41, 5.74) is 3.21. The van der Waals surface area contributed by atoms with E-state index >= 15 is 0 Å². The molecule has 2 aromatic rings. The molecule has 1 aromatic heterocycles. The van der Waals surface area contributed by atoms with Crippen molar-refractivity contribution in [3.8, 4) is 0 Å². The van der Waals surface area contributed by atoms with E-state index in [0.717, 1.165) is 36.0 Å². The molecule has 2 atom stereocenters. The van der Waals surface area contributed by atoms with Gasteiger partial charge in [-0.1, -0.05) is 32.9 Å². The van der Waals surface area contributed by atoms with Gasteiger partial charge in [0.2, 0.25) is 5.91 Å². The molecule has 1 fully saturated rings. The van der Waals surface area contributed by atoms with E-state index in [9.17, 15) is 4.79 Å². The van der Waals surface area contributed by atoms with Crippen LogP contribution < -0.4 is 5.32 Å². The molecule has 3 rings (SSSR count). The van der Waals surface area contributed by atoms with Gasteiger partial charge in [0.15, 0.2) is 5.13 Å². The van der Waals surface area contributed by atoms with E-state index in [1.54, 1.807) is 11.3 Å². The van der Waals surface area contributed by atoms with Crippen molar-refractivity contribution in [2.24, 2.45) is 11.8 Å². The zero-order chi connectivity index (χ0) is 17.8. The maximum atomic E-state index is 12.6. The molecule has 134 valence electrons. The summed E-state index contributed by atoms with van der Waals surface area (Å²) < 4.78 is 0. The van der Waals surface area contributed by atoms with Gasteiger partial charge in [0.05, 0.1) is 12.1 Å². The van der Waals surface area contributed by atoms with Crippen LogP contribution >= 0.6 is 11.3 Å². The first-order chi connectivity index (χ1) is 12.0. The lowest BCUT2D eigenvalue weighted by atomic mass is 9.92. The fraction of sp³-hybridized carbons (Fsp3) is 0.500. The molecule has 0 saturated carbocycles. The number of nitrogens with one attached hydrogen (secondary N) is 1. The maximum absolute atomic E-state index is 12.6. The smallest absolute Gasteiger partial charge is 0.228 e. The average Bonchev–Trinajstić information content (AvgIpc) is 3.01. The van der Waals surface area contributed by atoms with Gasteiger partial charge < -0.3 is 10.2 Å². The number of hydrogen-bond donors (Lipinski definition) is 1. The van der Waals surface area contributed by atoms with Crippen LogP contribution in [-0.4, -0.2) is 28.9 Å². The summed E-state index contributed by atoms with van der Waals surface area (Å²) in [7, 11) is 0. The second kappa shape index (κ2) is 8.00. The fourth-order valence-corrected chi connectivity index (χ4v) is 4.26.